The third-order valence-electron chi connectivity index (χ3n) is 1.57. The Morgan fingerprint density at radius 2 is 1.80 bits per heavy atom. The van der Waals surface area contributed by atoms with Crippen LogP contribution in [0.2, 0.25) is 0 Å². The Morgan fingerprint density at radius 1 is 1.07 bits per heavy atom. The second-order valence-electron chi connectivity index (χ2n) is 3.07. The Labute approximate surface area is 102 Å². The Morgan fingerprint density at radius 3 is 2.27 bits per heavy atom. The molecule has 15 heavy (non-hydrogen) atoms. The Kier molecular flexibility index (Phi) is 11.8. The second kappa shape index (κ2) is 11.9. The molecule has 0 aliphatic heterocycles. The highest BCUT2D eigenvalue weighted by atomic mass is 33.1. The number of hydrogen-bond acceptors (Lipinski definition) is 3. The van der Waals surface area contributed by atoms with Gasteiger partial charge in [0.15, 0.2) is 0 Å². The number of nitrogens with zero attached hydrogens (tertiary/aromatic N) is 1. The molecule has 0 aliphatic rings. The first kappa shape index (κ1) is 14.8. The van der Waals surface area contributed by atoms with Gasteiger partial charge in [-0.15, -0.1) is 0 Å². The van der Waals surface area contributed by atoms with E-state index in [1.54, 1.807) is 10.8 Å². The molecule has 1 rings (SSSR count). The van der Waals surface area contributed by atoms with Crippen LogP contribution in [0.25, 0.3) is 0 Å². The first-order chi connectivity index (χ1) is 7.35. The number of pyridine rings is 1. The molecule has 86 valence electrons. The maximum Gasteiger partial charge on any atom is 0.106 e. The first-order valence-electron chi connectivity index (χ1n) is 5.55. The SMILES string of the molecule is CCCC.CCCSSc1ccccn1. The van der Waals surface area contributed by atoms with E-state index < -0.39 is 0 Å². The molecule has 1 heterocycles. The summed E-state index contributed by atoms with van der Waals surface area (Å²) in [5, 5.41) is 1.10. The van der Waals surface area contributed by atoms with Gasteiger partial charge in [0.1, 0.15) is 5.03 Å². The summed E-state index contributed by atoms with van der Waals surface area (Å²) in [6.45, 7) is 6.55. The predicted octanol–water partition coefficient (Wildman–Crippen LogP) is 5.04. The lowest BCUT2D eigenvalue weighted by Crippen LogP contribution is -1.74. The van der Waals surface area contributed by atoms with Crippen LogP contribution in [0, 0.1) is 0 Å². The number of aromatic nitrogens is 1. The molecule has 0 unspecified atom stereocenters. The van der Waals surface area contributed by atoms with E-state index in [0.717, 1.165) is 5.03 Å². The third kappa shape index (κ3) is 10.1. The Balaban J connectivity index is 0.000000423. The van der Waals surface area contributed by atoms with E-state index in [9.17, 15) is 0 Å². The molecule has 0 aromatic carbocycles. The molecule has 0 fully saturated rings. The minimum atomic E-state index is 1.10. The van der Waals surface area contributed by atoms with Crippen LogP contribution >= 0.6 is 21.6 Å². The smallest absolute Gasteiger partial charge is 0.106 e. The first-order valence-corrected chi connectivity index (χ1v) is 7.87. The number of unbranched alkanes of at least 4 members (excludes halogenated alkanes) is 1. The van der Waals surface area contributed by atoms with Crippen molar-refractivity contribution >= 4 is 21.6 Å². The van der Waals surface area contributed by atoms with Gasteiger partial charge in [-0.2, -0.15) is 0 Å². The van der Waals surface area contributed by atoms with Crippen LogP contribution in [0.4, 0.5) is 0 Å². The zero-order valence-corrected chi connectivity index (χ0v) is 11.5. The van der Waals surface area contributed by atoms with Crippen LogP contribution in [0.5, 0.6) is 0 Å². The summed E-state index contributed by atoms with van der Waals surface area (Å²) < 4.78 is 0. The van der Waals surface area contributed by atoms with Crippen molar-refractivity contribution in [2.75, 3.05) is 5.75 Å². The molecule has 0 saturated carbocycles. The Bertz CT molecular complexity index is 212. The maximum atomic E-state index is 4.19. The van der Waals surface area contributed by atoms with Crippen molar-refractivity contribution in [1.82, 2.24) is 4.98 Å². The molecule has 0 saturated heterocycles. The van der Waals surface area contributed by atoms with E-state index in [4.69, 9.17) is 0 Å². The lowest BCUT2D eigenvalue weighted by Gasteiger charge is -1.96. The van der Waals surface area contributed by atoms with E-state index in [-0.39, 0.29) is 0 Å². The molecule has 0 spiro atoms. The summed E-state index contributed by atoms with van der Waals surface area (Å²) in [7, 11) is 3.61. The fourth-order valence-corrected chi connectivity index (χ4v) is 2.60. The van der Waals surface area contributed by atoms with Crippen LogP contribution in [0.1, 0.15) is 40.0 Å². The monoisotopic (exact) mass is 243 g/mol. The maximum absolute atomic E-state index is 4.19. The summed E-state index contributed by atoms with van der Waals surface area (Å²) in [5.74, 6) is 1.20. The second-order valence-corrected chi connectivity index (χ2v) is 5.51. The van der Waals surface area contributed by atoms with Crippen LogP contribution in [-0.2, 0) is 0 Å². The highest BCUT2D eigenvalue weighted by Crippen LogP contribution is 2.28. The quantitative estimate of drug-likeness (QED) is 0.531. The van der Waals surface area contributed by atoms with Crippen molar-refractivity contribution in [1.29, 1.82) is 0 Å². The topological polar surface area (TPSA) is 12.9 Å². The van der Waals surface area contributed by atoms with Crippen molar-refractivity contribution in [2.45, 2.75) is 45.1 Å². The molecule has 0 amide bonds. The van der Waals surface area contributed by atoms with Gasteiger partial charge in [0.25, 0.3) is 0 Å². The number of hydrogen-bond donors (Lipinski definition) is 0. The van der Waals surface area contributed by atoms with Crippen molar-refractivity contribution in [3.63, 3.8) is 0 Å². The predicted molar refractivity (Wildman–Crippen MR) is 73.4 cm³/mol. The molecule has 1 aromatic heterocycles. The van der Waals surface area contributed by atoms with Crippen molar-refractivity contribution < 1.29 is 0 Å². The summed E-state index contributed by atoms with van der Waals surface area (Å²) in [5.41, 5.74) is 0. The standard InChI is InChI=1S/C8H11NS2.C4H10/c1-2-7-10-11-8-5-3-4-6-9-8;1-3-4-2/h3-6H,2,7H2,1H3;3-4H2,1-2H3. The van der Waals surface area contributed by atoms with Crippen LogP contribution in [-0.4, -0.2) is 10.7 Å². The fourth-order valence-electron chi connectivity index (χ4n) is 0.582. The van der Waals surface area contributed by atoms with Gasteiger partial charge in [0, 0.05) is 11.9 Å². The summed E-state index contributed by atoms with van der Waals surface area (Å²) in [6, 6.07) is 5.99. The number of rotatable bonds is 5. The van der Waals surface area contributed by atoms with Crippen molar-refractivity contribution in [2.24, 2.45) is 0 Å². The van der Waals surface area contributed by atoms with E-state index in [1.807, 2.05) is 35.2 Å². The molecule has 3 heteroatoms. The average molecular weight is 243 g/mol. The average Bonchev–Trinajstić information content (AvgIpc) is 2.31. The molecule has 1 aromatic rings. The Hall–Kier alpha value is -0.150. The summed E-state index contributed by atoms with van der Waals surface area (Å²) in [6.07, 6.45) is 5.69. The minimum absolute atomic E-state index is 1.10. The molecule has 0 atom stereocenters. The van der Waals surface area contributed by atoms with E-state index in [0.29, 0.717) is 0 Å². The van der Waals surface area contributed by atoms with Gasteiger partial charge >= 0.3 is 0 Å². The third-order valence-corrected chi connectivity index (χ3v) is 4.04. The minimum Gasteiger partial charge on any atom is -0.249 e. The van der Waals surface area contributed by atoms with Crippen LogP contribution in [0.15, 0.2) is 29.4 Å². The largest absolute Gasteiger partial charge is 0.249 e. The molecule has 0 N–H and O–H groups in total. The summed E-state index contributed by atoms with van der Waals surface area (Å²) in [4.78, 5) is 4.19. The molecule has 0 radical (unpaired) electrons. The van der Waals surface area contributed by atoms with Gasteiger partial charge in [-0.3, -0.25) is 0 Å². The van der Waals surface area contributed by atoms with Crippen molar-refractivity contribution in [3.05, 3.63) is 24.4 Å². The van der Waals surface area contributed by atoms with Crippen molar-refractivity contribution in [3.8, 4) is 0 Å². The van der Waals surface area contributed by atoms with Crippen LogP contribution < -0.4 is 0 Å². The highest BCUT2D eigenvalue weighted by Gasteiger charge is 1.91. The molecular weight excluding hydrogens is 222 g/mol. The molecular formula is C12H21NS2. The van der Waals surface area contributed by atoms with E-state index >= 15 is 0 Å². The normalized spacial score (nSPS) is 9.27. The van der Waals surface area contributed by atoms with Crippen LogP contribution in [0.3, 0.4) is 0 Å². The van der Waals surface area contributed by atoms with Gasteiger partial charge in [0.05, 0.1) is 0 Å². The summed E-state index contributed by atoms with van der Waals surface area (Å²) >= 11 is 0. The highest BCUT2D eigenvalue weighted by molar-refractivity contribution is 8.76. The van der Waals surface area contributed by atoms with Gasteiger partial charge in [-0.05, 0) is 29.3 Å². The lowest BCUT2D eigenvalue weighted by atomic mass is 10.4. The molecule has 0 aliphatic carbocycles. The van der Waals surface area contributed by atoms with Gasteiger partial charge in [-0.25, -0.2) is 4.98 Å². The molecule has 1 nitrogen and oxygen atoms in total. The van der Waals surface area contributed by atoms with E-state index in [2.05, 4.69) is 25.8 Å². The zero-order valence-electron chi connectivity index (χ0n) is 9.90. The lowest BCUT2D eigenvalue weighted by molar-refractivity contribution is 0.886. The van der Waals surface area contributed by atoms with Gasteiger partial charge < -0.3 is 0 Å². The zero-order chi connectivity index (χ0) is 11.4. The van der Waals surface area contributed by atoms with E-state index in [1.165, 1.54) is 25.0 Å². The fraction of sp³-hybridized carbons (Fsp3) is 0.583. The molecule has 0 bridgehead atoms. The van der Waals surface area contributed by atoms with Gasteiger partial charge in [-0.1, -0.05) is 50.5 Å². The van der Waals surface area contributed by atoms with Gasteiger partial charge in [0.2, 0.25) is 0 Å².